The molecule has 1 saturated heterocycles. The second-order valence-electron chi connectivity index (χ2n) is 5.51. The number of alkyl carbamates (subject to hydrolysis) is 1. The maximum atomic E-state index is 11.6. The van der Waals surface area contributed by atoms with Crippen LogP contribution in [0.5, 0.6) is 0 Å². The van der Waals surface area contributed by atoms with Crippen molar-refractivity contribution in [3.8, 4) is 0 Å². The Morgan fingerprint density at radius 2 is 2.35 bits per heavy atom. The van der Waals surface area contributed by atoms with Gasteiger partial charge in [0.05, 0.1) is 12.1 Å². The molecule has 1 atom stereocenters. The molecule has 3 rings (SSSR count). The summed E-state index contributed by atoms with van der Waals surface area (Å²) in [6, 6.07) is 5.67. The molecule has 1 unspecified atom stereocenters. The van der Waals surface area contributed by atoms with Crippen molar-refractivity contribution in [1.29, 1.82) is 0 Å². The van der Waals surface area contributed by atoms with Crippen molar-refractivity contribution >= 4 is 34.4 Å². The summed E-state index contributed by atoms with van der Waals surface area (Å²) in [5.74, 6) is 0.877. The average Bonchev–Trinajstić information content (AvgIpc) is 2.54. The maximum absolute atomic E-state index is 11.6. The molecule has 7 heteroatoms. The molecule has 1 fully saturated rings. The molecule has 0 aliphatic carbocycles. The highest BCUT2D eigenvalue weighted by Gasteiger charge is 2.24. The van der Waals surface area contributed by atoms with Crippen LogP contribution in [0.4, 0.5) is 10.6 Å². The molecule has 23 heavy (non-hydrogen) atoms. The quantitative estimate of drug-likeness (QED) is 0.934. The molecule has 1 aromatic carbocycles. The second kappa shape index (κ2) is 7.00. The monoisotopic (exact) mass is 334 g/mol. The van der Waals surface area contributed by atoms with Gasteiger partial charge in [0, 0.05) is 29.5 Å². The molecule has 1 aliphatic rings. The number of rotatable bonds is 3. The molecule has 1 amide bonds. The molecule has 1 aromatic heterocycles. The number of nitrogens with zero attached hydrogens (tertiary/aromatic N) is 3. The fourth-order valence-electron chi connectivity index (χ4n) is 2.89. The number of halogens is 1. The van der Waals surface area contributed by atoms with Crippen molar-refractivity contribution in [1.82, 2.24) is 15.3 Å². The largest absolute Gasteiger partial charge is 0.450 e. The van der Waals surface area contributed by atoms with Crippen molar-refractivity contribution in [2.75, 3.05) is 24.6 Å². The average molecular weight is 335 g/mol. The molecule has 2 heterocycles. The van der Waals surface area contributed by atoms with E-state index in [1.165, 1.54) is 0 Å². The Bertz CT molecular complexity index is 710. The fraction of sp³-hybridized carbons (Fsp3) is 0.438. The topological polar surface area (TPSA) is 67.3 Å². The molecular weight excluding hydrogens is 316 g/mol. The van der Waals surface area contributed by atoms with Crippen LogP contribution in [0, 0.1) is 0 Å². The lowest BCUT2D eigenvalue weighted by Crippen LogP contribution is -2.48. The Morgan fingerprint density at radius 3 is 3.17 bits per heavy atom. The smallest absolute Gasteiger partial charge is 0.407 e. The molecule has 1 N–H and O–H groups in total. The van der Waals surface area contributed by atoms with Gasteiger partial charge in [-0.05, 0) is 38.0 Å². The number of ether oxygens (including phenoxy) is 1. The number of amides is 1. The van der Waals surface area contributed by atoms with Gasteiger partial charge in [-0.2, -0.15) is 0 Å². The van der Waals surface area contributed by atoms with Crippen molar-refractivity contribution in [3.63, 3.8) is 0 Å². The number of anilines is 1. The van der Waals surface area contributed by atoms with Gasteiger partial charge in [0.25, 0.3) is 0 Å². The van der Waals surface area contributed by atoms with E-state index in [2.05, 4.69) is 20.2 Å². The van der Waals surface area contributed by atoms with Crippen molar-refractivity contribution in [2.24, 2.45) is 0 Å². The molecular formula is C16H19ClN4O2. The zero-order chi connectivity index (χ0) is 16.2. The van der Waals surface area contributed by atoms with E-state index in [1.807, 2.05) is 18.2 Å². The van der Waals surface area contributed by atoms with Crippen molar-refractivity contribution in [3.05, 3.63) is 29.5 Å². The van der Waals surface area contributed by atoms with Crippen LogP contribution >= 0.6 is 11.6 Å². The number of nitrogens with one attached hydrogen (secondary N) is 1. The van der Waals surface area contributed by atoms with Gasteiger partial charge in [0.15, 0.2) is 0 Å². The number of fused-ring (bicyclic) bond motifs is 1. The third-order valence-electron chi connectivity index (χ3n) is 3.90. The summed E-state index contributed by atoms with van der Waals surface area (Å²) in [5, 5.41) is 4.53. The lowest BCUT2D eigenvalue weighted by atomic mass is 10.1. The third kappa shape index (κ3) is 3.64. The van der Waals surface area contributed by atoms with Gasteiger partial charge < -0.3 is 15.0 Å². The molecule has 0 saturated carbocycles. The zero-order valence-electron chi connectivity index (χ0n) is 13.0. The molecule has 1 aliphatic heterocycles. The van der Waals surface area contributed by atoms with Crippen LogP contribution in [-0.2, 0) is 4.74 Å². The van der Waals surface area contributed by atoms with Gasteiger partial charge in [0.1, 0.15) is 12.1 Å². The van der Waals surface area contributed by atoms with Gasteiger partial charge >= 0.3 is 6.09 Å². The predicted octanol–water partition coefficient (Wildman–Crippen LogP) is 3.00. The van der Waals surface area contributed by atoms with Crippen LogP contribution in [0.3, 0.4) is 0 Å². The number of benzene rings is 1. The van der Waals surface area contributed by atoms with E-state index in [4.69, 9.17) is 16.3 Å². The van der Waals surface area contributed by atoms with Crippen LogP contribution in [0.2, 0.25) is 5.02 Å². The number of hydrogen-bond donors (Lipinski definition) is 1. The van der Waals surface area contributed by atoms with Gasteiger partial charge in [-0.15, -0.1) is 0 Å². The van der Waals surface area contributed by atoms with Gasteiger partial charge in [-0.3, -0.25) is 0 Å². The van der Waals surface area contributed by atoms with E-state index >= 15 is 0 Å². The number of aromatic nitrogens is 2. The minimum Gasteiger partial charge on any atom is -0.450 e. The summed E-state index contributed by atoms with van der Waals surface area (Å²) >= 11 is 6.03. The lowest BCUT2D eigenvalue weighted by molar-refractivity contribution is 0.146. The zero-order valence-corrected chi connectivity index (χ0v) is 13.7. The highest BCUT2D eigenvalue weighted by Crippen LogP contribution is 2.27. The summed E-state index contributed by atoms with van der Waals surface area (Å²) in [5.41, 5.74) is 0.822. The highest BCUT2D eigenvalue weighted by molar-refractivity contribution is 6.31. The Labute approximate surface area is 139 Å². The molecule has 0 bridgehead atoms. The lowest BCUT2D eigenvalue weighted by Gasteiger charge is -2.34. The van der Waals surface area contributed by atoms with Crippen molar-refractivity contribution < 1.29 is 9.53 Å². The Hall–Kier alpha value is -2.08. The summed E-state index contributed by atoms with van der Waals surface area (Å²) in [6.45, 7) is 3.77. The molecule has 0 spiro atoms. The Kier molecular flexibility index (Phi) is 4.81. The first kappa shape index (κ1) is 15.8. The number of piperidine rings is 1. The first-order valence-electron chi connectivity index (χ1n) is 7.76. The van der Waals surface area contributed by atoms with E-state index < -0.39 is 0 Å². The van der Waals surface area contributed by atoms with Crippen LogP contribution in [-0.4, -0.2) is 41.8 Å². The standard InChI is InChI=1S/C16H19ClN4O2/c1-2-23-16(22)20-12-4-3-7-21(9-12)15-13-6-5-11(17)8-14(13)18-10-19-15/h5-6,8,10,12H,2-4,7,9H2,1H3,(H,20,22). The first-order valence-corrected chi connectivity index (χ1v) is 8.13. The first-order chi connectivity index (χ1) is 11.2. The van der Waals surface area contributed by atoms with Crippen LogP contribution in [0.25, 0.3) is 10.9 Å². The van der Waals surface area contributed by atoms with E-state index in [0.717, 1.165) is 36.1 Å². The summed E-state index contributed by atoms with van der Waals surface area (Å²) < 4.78 is 4.96. The van der Waals surface area contributed by atoms with E-state index in [-0.39, 0.29) is 12.1 Å². The van der Waals surface area contributed by atoms with E-state index in [1.54, 1.807) is 13.3 Å². The minimum absolute atomic E-state index is 0.0557. The second-order valence-corrected chi connectivity index (χ2v) is 5.95. The Morgan fingerprint density at radius 1 is 1.48 bits per heavy atom. The summed E-state index contributed by atoms with van der Waals surface area (Å²) in [6.07, 6.45) is 3.11. The predicted molar refractivity (Wildman–Crippen MR) is 89.9 cm³/mol. The van der Waals surface area contributed by atoms with E-state index in [0.29, 0.717) is 18.2 Å². The van der Waals surface area contributed by atoms with Gasteiger partial charge in [0.2, 0.25) is 0 Å². The summed E-state index contributed by atoms with van der Waals surface area (Å²) in [4.78, 5) is 22.5. The van der Waals surface area contributed by atoms with Crippen LogP contribution in [0.15, 0.2) is 24.5 Å². The van der Waals surface area contributed by atoms with Gasteiger partial charge in [-0.1, -0.05) is 11.6 Å². The fourth-order valence-corrected chi connectivity index (χ4v) is 3.06. The van der Waals surface area contributed by atoms with Crippen molar-refractivity contribution in [2.45, 2.75) is 25.8 Å². The van der Waals surface area contributed by atoms with Gasteiger partial charge in [-0.25, -0.2) is 14.8 Å². The minimum atomic E-state index is -0.362. The number of hydrogen-bond acceptors (Lipinski definition) is 5. The highest BCUT2D eigenvalue weighted by atomic mass is 35.5. The number of carbonyl (C=O) groups is 1. The third-order valence-corrected chi connectivity index (χ3v) is 4.13. The molecule has 6 nitrogen and oxygen atoms in total. The molecule has 122 valence electrons. The Balaban J connectivity index is 1.80. The van der Waals surface area contributed by atoms with Crippen LogP contribution in [0.1, 0.15) is 19.8 Å². The SMILES string of the molecule is CCOC(=O)NC1CCCN(c2ncnc3cc(Cl)ccc23)C1. The normalized spacial score (nSPS) is 18.0. The summed E-state index contributed by atoms with van der Waals surface area (Å²) in [7, 11) is 0. The van der Waals surface area contributed by atoms with E-state index in [9.17, 15) is 4.79 Å². The molecule has 0 radical (unpaired) electrons. The van der Waals surface area contributed by atoms with Crippen LogP contribution < -0.4 is 10.2 Å². The molecule has 2 aromatic rings. The number of carbonyl (C=O) groups excluding carboxylic acids is 1. The maximum Gasteiger partial charge on any atom is 0.407 e.